The SMILES string of the molecule is CCc1cc(N)n(-c2ccc(F)cc2F)n1. The Morgan fingerprint density at radius 1 is 1.31 bits per heavy atom. The molecule has 3 nitrogen and oxygen atoms in total. The first-order valence-corrected chi connectivity index (χ1v) is 4.91. The molecule has 0 bridgehead atoms. The van der Waals surface area contributed by atoms with Crippen molar-refractivity contribution in [3.63, 3.8) is 0 Å². The highest BCUT2D eigenvalue weighted by atomic mass is 19.1. The van der Waals surface area contributed by atoms with E-state index < -0.39 is 11.6 Å². The Bertz CT molecular complexity index is 520. The van der Waals surface area contributed by atoms with E-state index in [0.717, 1.165) is 11.8 Å². The lowest BCUT2D eigenvalue weighted by atomic mass is 10.3. The first-order valence-electron chi connectivity index (χ1n) is 4.91. The van der Waals surface area contributed by atoms with E-state index in [4.69, 9.17) is 5.73 Å². The maximum Gasteiger partial charge on any atom is 0.151 e. The summed E-state index contributed by atoms with van der Waals surface area (Å²) < 4.78 is 27.5. The minimum atomic E-state index is -0.683. The summed E-state index contributed by atoms with van der Waals surface area (Å²) in [5, 5.41) is 4.12. The first-order chi connectivity index (χ1) is 7.61. The van der Waals surface area contributed by atoms with Crippen LogP contribution in [0.5, 0.6) is 0 Å². The number of benzene rings is 1. The summed E-state index contributed by atoms with van der Waals surface area (Å²) in [4.78, 5) is 0. The minimum absolute atomic E-state index is 0.151. The maximum absolute atomic E-state index is 13.5. The van der Waals surface area contributed by atoms with Gasteiger partial charge in [0.25, 0.3) is 0 Å². The van der Waals surface area contributed by atoms with E-state index in [1.807, 2.05) is 6.92 Å². The molecule has 0 atom stereocenters. The van der Waals surface area contributed by atoms with Gasteiger partial charge in [0.2, 0.25) is 0 Å². The Hall–Kier alpha value is -1.91. The summed E-state index contributed by atoms with van der Waals surface area (Å²) in [5.41, 5.74) is 6.61. The fourth-order valence-electron chi connectivity index (χ4n) is 1.47. The van der Waals surface area contributed by atoms with Crippen molar-refractivity contribution in [2.24, 2.45) is 0 Å². The van der Waals surface area contributed by atoms with Crippen LogP contribution in [0.4, 0.5) is 14.6 Å². The second-order valence-corrected chi connectivity index (χ2v) is 3.42. The molecule has 0 radical (unpaired) electrons. The largest absolute Gasteiger partial charge is 0.384 e. The Labute approximate surface area is 91.5 Å². The lowest BCUT2D eigenvalue weighted by Crippen LogP contribution is -2.04. The van der Waals surface area contributed by atoms with Crippen LogP contribution in [0.25, 0.3) is 5.69 Å². The van der Waals surface area contributed by atoms with Gasteiger partial charge in [-0.05, 0) is 18.6 Å². The Kier molecular flexibility index (Phi) is 2.60. The molecule has 0 spiro atoms. The fourth-order valence-corrected chi connectivity index (χ4v) is 1.47. The standard InChI is InChI=1S/C11H11F2N3/c1-2-8-6-11(14)16(15-8)10-4-3-7(12)5-9(10)13/h3-6H,2,14H2,1H3. The predicted octanol–water partition coefficient (Wildman–Crippen LogP) is 2.30. The minimum Gasteiger partial charge on any atom is -0.384 e. The molecule has 0 aliphatic rings. The monoisotopic (exact) mass is 223 g/mol. The van der Waals surface area contributed by atoms with Crippen molar-refractivity contribution >= 4 is 5.82 Å². The molecule has 16 heavy (non-hydrogen) atoms. The predicted molar refractivity (Wildman–Crippen MR) is 57.3 cm³/mol. The number of hydrogen-bond acceptors (Lipinski definition) is 2. The van der Waals surface area contributed by atoms with Crippen LogP contribution in [0.2, 0.25) is 0 Å². The zero-order valence-electron chi connectivity index (χ0n) is 8.74. The number of nitrogens with zero attached hydrogens (tertiary/aromatic N) is 2. The zero-order valence-corrected chi connectivity index (χ0v) is 8.74. The molecule has 5 heteroatoms. The van der Waals surface area contributed by atoms with Crippen molar-refractivity contribution in [3.05, 3.63) is 41.6 Å². The summed E-state index contributed by atoms with van der Waals surface area (Å²) in [6, 6.07) is 4.96. The van der Waals surface area contributed by atoms with E-state index in [1.54, 1.807) is 6.07 Å². The number of nitrogen functional groups attached to an aromatic ring is 1. The topological polar surface area (TPSA) is 43.8 Å². The summed E-state index contributed by atoms with van der Waals surface area (Å²) in [6.07, 6.45) is 0.708. The van der Waals surface area contributed by atoms with Gasteiger partial charge in [-0.15, -0.1) is 0 Å². The first kappa shape index (κ1) is 10.6. The van der Waals surface area contributed by atoms with Crippen LogP contribution < -0.4 is 5.73 Å². The number of aromatic nitrogens is 2. The fraction of sp³-hybridized carbons (Fsp3) is 0.182. The van der Waals surface area contributed by atoms with Gasteiger partial charge >= 0.3 is 0 Å². The number of hydrogen-bond donors (Lipinski definition) is 1. The normalized spacial score (nSPS) is 10.7. The van der Waals surface area contributed by atoms with Crippen LogP contribution in [0.1, 0.15) is 12.6 Å². The highest BCUT2D eigenvalue weighted by Gasteiger charge is 2.10. The molecule has 0 unspecified atom stereocenters. The number of anilines is 1. The van der Waals surface area contributed by atoms with E-state index in [-0.39, 0.29) is 5.69 Å². The molecule has 1 heterocycles. The summed E-state index contributed by atoms with van der Waals surface area (Å²) in [6.45, 7) is 1.92. The smallest absolute Gasteiger partial charge is 0.151 e. The lowest BCUT2D eigenvalue weighted by Gasteiger charge is -2.04. The third-order valence-corrected chi connectivity index (χ3v) is 2.29. The van der Waals surface area contributed by atoms with Crippen molar-refractivity contribution in [1.29, 1.82) is 0 Å². The van der Waals surface area contributed by atoms with E-state index in [1.165, 1.54) is 16.8 Å². The van der Waals surface area contributed by atoms with Crippen molar-refractivity contribution < 1.29 is 8.78 Å². The molecule has 0 aliphatic carbocycles. The van der Waals surface area contributed by atoms with Gasteiger partial charge in [-0.1, -0.05) is 6.92 Å². The van der Waals surface area contributed by atoms with E-state index in [9.17, 15) is 8.78 Å². The summed E-state index contributed by atoms with van der Waals surface area (Å²) >= 11 is 0. The number of rotatable bonds is 2. The summed E-state index contributed by atoms with van der Waals surface area (Å²) in [5.74, 6) is -0.970. The second kappa shape index (κ2) is 3.92. The van der Waals surface area contributed by atoms with Crippen LogP contribution in [0.15, 0.2) is 24.3 Å². The highest BCUT2D eigenvalue weighted by Crippen LogP contribution is 2.18. The van der Waals surface area contributed by atoms with E-state index in [0.29, 0.717) is 12.2 Å². The zero-order chi connectivity index (χ0) is 11.7. The molecule has 0 aliphatic heterocycles. The maximum atomic E-state index is 13.5. The summed E-state index contributed by atoms with van der Waals surface area (Å²) in [7, 11) is 0. The number of nitrogens with two attached hydrogens (primary N) is 1. The molecular weight excluding hydrogens is 212 g/mol. The molecular formula is C11H11F2N3. The third kappa shape index (κ3) is 1.76. The second-order valence-electron chi connectivity index (χ2n) is 3.42. The quantitative estimate of drug-likeness (QED) is 0.848. The van der Waals surface area contributed by atoms with Crippen LogP contribution in [0, 0.1) is 11.6 Å². The van der Waals surface area contributed by atoms with Crippen molar-refractivity contribution in [2.45, 2.75) is 13.3 Å². The molecule has 84 valence electrons. The van der Waals surface area contributed by atoms with Crippen molar-refractivity contribution in [3.8, 4) is 5.69 Å². The van der Waals surface area contributed by atoms with Gasteiger partial charge < -0.3 is 5.73 Å². The lowest BCUT2D eigenvalue weighted by molar-refractivity contribution is 0.574. The van der Waals surface area contributed by atoms with Crippen LogP contribution in [0.3, 0.4) is 0 Å². The van der Waals surface area contributed by atoms with Gasteiger partial charge in [-0.2, -0.15) is 5.10 Å². The Morgan fingerprint density at radius 2 is 2.06 bits per heavy atom. The molecule has 0 saturated carbocycles. The molecule has 0 amide bonds. The highest BCUT2D eigenvalue weighted by molar-refractivity contribution is 5.43. The van der Waals surface area contributed by atoms with Gasteiger partial charge in [0.15, 0.2) is 5.82 Å². The van der Waals surface area contributed by atoms with E-state index >= 15 is 0 Å². The molecule has 0 fully saturated rings. The Morgan fingerprint density at radius 3 is 2.62 bits per heavy atom. The third-order valence-electron chi connectivity index (χ3n) is 2.29. The molecule has 2 N–H and O–H groups in total. The van der Waals surface area contributed by atoms with Gasteiger partial charge in [-0.3, -0.25) is 0 Å². The number of halogens is 2. The van der Waals surface area contributed by atoms with Crippen molar-refractivity contribution in [2.75, 3.05) is 5.73 Å². The van der Waals surface area contributed by atoms with Gasteiger partial charge in [0.1, 0.15) is 17.3 Å². The van der Waals surface area contributed by atoms with Crippen molar-refractivity contribution in [1.82, 2.24) is 9.78 Å². The molecule has 1 aromatic carbocycles. The average molecular weight is 223 g/mol. The Balaban J connectivity index is 2.53. The molecule has 0 saturated heterocycles. The van der Waals surface area contributed by atoms with Gasteiger partial charge in [0.05, 0.1) is 5.69 Å². The van der Waals surface area contributed by atoms with Gasteiger partial charge in [0, 0.05) is 12.1 Å². The molecule has 2 rings (SSSR count). The van der Waals surface area contributed by atoms with E-state index in [2.05, 4.69) is 5.10 Å². The van der Waals surface area contributed by atoms with Crippen LogP contribution in [-0.4, -0.2) is 9.78 Å². The van der Waals surface area contributed by atoms with Crippen LogP contribution >= 0.6 is 0 Å². The van der Waals surface area contributed by atoms with Gasteiger partial charge in [-0.25, -0.2) is 13.5 Å². The molecule has 1 aromatic heterocycles. The number of aryl methyl sites for hydroxylation is 1. The average Bonchev–Trinajstić information content (AvgIpc) is 2.60. The molecule has 2 aromatic rings. The van der Waals surface area contributed by atoms with Crippen LogP contribution in [-0.2, 0) is 6.42 Å².